The van der Waals surface area contributed by atoms with E-state index in [-0.39, 0.29) is 11.9 Å². The molecule has 22 heavy (non-hydrogen) atoms. The Hall–Kier alpha value is -2.37. The first-order valence-corrected chi connectivity index (χ1v) is 7.48. The van der Waals surface area contributed by atoms with Gasteiger partial charge >= 0.3 is 0 Å². The molecule has 0 saturated carbocycles. The predicted octanol–water partition coefficient (Wildman–Crippen LogP) is 2.07. The minimum Gasteiger partial charge on any atom is -0.480 e. The van der Waals surface area contributed by atoms with Gasteiger partial charge in [0.05, 0.1) is 13.2 Å². The molecule has 1 amide bonds. The van der Waals surface area contributed by atoms with Crippen LogP contribution in [0.5, 0.6) is 5.88 Å². The summed E-state index contributed by atoms with van der Waals surface area (Å²) in [5, 5.41) is 0. The number of pyridine rings is 1. The van der Waals surface area contributed by atoms with E-state index >= 15 is 0 Å². The highest BCUT2D eigenvalue weighted by Gasteiger charge is 2.27. The standard InChI is InChI=1S/C16H20N4O2/c1-12-17-8-10-20(12)13-5-4-9-19(11-13)16(21)14-6-3-7-18-15(14)22-2/h3,6-8,10,13H,4-5,9,11H2,1-2H3/t13-/m0/s1. The van der Waals surface area contributed by atoms with Crippen LogP contribution >= 0.6 is 0 Å². The van der Waals surface area contributed by atoms with Gasteiger partial charge in [-0.2, -0.15) is 0 Å². The van der Waals surface area contributed by atoms with Gasteiger partial charge in [0, 0.05) is 31.7 Å². The molecule has 3 heterocycles. The van der Waals surface area contributed by atoms with Gasteiger partial charge in [0.2, 0.25) is 5.88 Å². The van der Waals surface area contributed by atoms with Gasteiger partial charge in [-0.15, -0.1) is 0 Å². The first-order chi connectivity index (χ1) is 10.7. The van der Waals surface area contributed by atoms with Crippen LogP contribution in [0.4, 0.5) is 0 Å². The number of likely N-dealkylation sites (tertiary alicyclic amines) is 1. The van der Waals surface area contributed by atoms with Crippen molar-refractivity contribution in [2.45, 2.75) is 25.8 Å². The van der Waals surface area contributed by atoms with Crippen LogP contribution < -0.4 is 4.74 Å². The average molecular weight is 300 g/mol. The lowest BCUT2D eigenvalue weighted by Crippen LogP contribution is -2.41. The number of rotatable bonds is 3. The molecule has 0 radical (unpaired) electrons. The van der Waals surface area contributed by atoms with Crippen LogP contribution in [0.2, 0.25) is 0 Å². The lowest BCUT2D eigenvalue weighted by Gasteiger charge is -2.34. The molecule has 1 fully saturated rings. The van der Waals surface area contributed by atoms with E-state index in [1.54, 1.807) is 24.5 Å². The largest absolute Gasteiger partial charge is 0.480 e. The van der Waals surface area contributed by atoms with E-state index in [1.165, 1.54) is 7.11 Å². The maximum absolute atomic E-state index is 12.8. The first-order valence-electron chi connectivity index (χ1n) is 7.48. The highest BCUT2D eigenvalue weighted by Crippen LogP contribution is 2.25. The second-order valence-electron chi connectivity index (χ2n) is 5.49. The molecule has 0 unspecified atom stereocenters. The summed E-state index contributed by atoms with van der Waals surface area (Å²) in [5.41, 5.74) is 0.521. The maximum Gasteiger partial charge on any atom is 0.259 e. The zero-order valence-electron chi connectivity index (χ0n) is 12.9. The third-order valence-electron chi connectivity index (χ3n) is 4.13. The van der Waals surface area contributed by atoms with Crippen molar-refractivity contribution in [1.82, 2.24) is 19.4 Å². The molecule has 6 nitrogen and oxygen atoms in total. The van der Waals surface area contributed by atoms with Gasteiger partial charge in [-0.1, -0.05) is 0 Å². The average Bonchev–Trinajstić information content (AvgIpc) is 3.00. The Morgan fingerprint density at radius 3 is 2.95 bits per heavy atom. The van der Waals surface area contributed by atoms with Crippen LogP contribution in [0.3, 0.4) is 0 Å². The molecule has 2 aromatic rings. The normalized spacial score (nSPS) is 18.3. The quantitative estimate of drug-likeness (QED) is 0.870. The van der Waals surface area contributed by atoms with Crippen LogP contribution in [-0.2, 0) is 0 Å². The summed E-state index contributed by atoms with van der Waals surface area (Å²) in [7, 11) is 1.53. The van der Waals surface area contributed by atoms with Crippen molar-refractivity contribution in [3.05, 3.63) is 42.1 Å². The molecule has 3 rings (SSSR count). The fourth-order valence-corrected chi connectivity index (χ4v) is 3.03. The van der Waals surface area contributed by atoms with Crippen molar-refractivity contribution in [3.63, 3.8) is 0 Å². The second kappa shape index (κ2) is 6.17. The van der Waals surface area contributed by atoms with Crippen molar-refractivity contribution in [3.8, 4) is 5.88 Å². The lowest BCUT2D eigenvalue weighted by molar-refractivity contribution is 0.0674. The molecule has 6 heteroatoms. The molecule has 0 bridgehead atoms. The molecule has 1 aliphatic heterocycles. The van der Waals surface area contributed by atoms with Gasteiger partial charge in [0.1, 0.15) is 11.4 Å². The van der Waals surface area contributed by atoms with E-state index in [0.29, 0.717) is 18.0 Å². The number of ether oxygens (including phenoxy) is 1. The third kappa shape index (κ3) is 2.68. The smallest absolute Gasteiger partial charge is 0.259 e. The Morgan fingerprint density at radius 2 is 2.23 bits per heavy atom. The number of hydrogen-bond donors (Lipinski definition) is 0. The molecule has 1 saturated heterocycles. The predicted molar refractivity (Wildman–Crippen MR) is 81.9 cm³/mol. The number of carbonyl (C=O) groups is 1. The number of methoxy groups -OCH3 is 1. The Morgan fingerprint density at radius 1 is 1.36 bits per heavy atom. The Balaban J connectivity index is 1.80. The van der Waals surface area contributed by atoms with Crippen molar-refractivity contribution in [1.29, 1.82) is 0 Å². The molecule has 0 N–H and O–H groups in total. The number of hydrogen-bond acceptors (Lipinski definition) is 4. The Labute approximate surface area is 129 Å². The lowest BCUT2D eigenvalue weighted by atomic mass is 10.0. The third-order valence-corrected chi connectivity index (χ3v) is 4.13. The van der Waals surface area contributed by atoms with E-state index in [0.717, 1.165) is 25.2 Å². The van der Waals surface area contributed by atoms with Crippen molar-refractivity contribution >= 4 is 5.91 Å². The highest BCUT2D eigenvalue weighted by molar-refractivity contribution is 5.96. The molecule has 0 spiro atoms. The van der Waals surface area contributed by atoms with Crippen LogP contribution in [0, 0.1) is 6.92 Å². The topological polar surface area (TPSA) is 60.2 Å². The molecular formula is C16H20N4O2. The van der Waals surface area contributed by atoms with E-state index in [1.807, 2.05) is 18.0 Å². The minimum absolute atomic E-state index is 0.0209. The summed E-state index contributed by atoms with van der Waals surface area (Å²) < 4.78 is 7.35. The van der Waals surface area contributed by atoms with Gasteiger partial charge in [-0.3, -0.25) is 4.79 Å². The summed E-state index contributed by atoms with van der Waals surface area (Å²) in [6.45, 7) is 3.44. The van der Waals surface area contributed by atoms with E-state index in [4.69, 9.17) is 4.74 Å². The molecular weight excluding hydrogens is 280 g/mol. The first kappa shape index (κ1) is 14.6. The van der Waals surface area contributed by atoms with Crippen molar-refractivity contribution in [2.75, 3.05) is 20.2 Å². The van der Waals surface area contributed by atoms with Crippen LogP contribution in [-0.4, -0.2) is 45.5 Å². The summed E-state index contributed by atoms with van der Waals surface area (Å²) >= 11 is 0. The highest BCUT2D eigenvalue weighted by atomic mass is 16.5. The number of carbonyl (C=O) groups excluding carboxylic acids is 1. The molecule has 1 atom stereocenters. The van der Waals surface area contributed by atoms with Gasteiger partial charge in [0.25, 0.3) is 5.91 Å². The fourth-order valence-electron chi connectivity index (χ4n) is 3.03. The van der Waals surface area contributed by atoms with Crippen LogP contribution in [0.1, 0.15) is 35.1 Å². The van der Waals surface area contributed by atoms with Crippen molar-refractivity contribution < 1.29 is 9.53 Å². The fraction of sp³-hybridized carbons (Fsp3) is 0.438. The molecule has 116 valence electrons. The van der Waals surface area contributed by atoms with Crippen LogP contribution in [0.25, 0.3) is 0 Å². The van der Waals surface area contributed by atoms with Gasteiger partial charge in [-0.05, 0) is 31.9 Å². The van der Waals surface area contributed by atoms with E-state index in [2.05, 4.69) is 14.5 Å². The number of amides is 1. The van der Waals surface area contributed by atoms with Crippen molar-refractivity contribution in [2.24, 2.45) is 0 Å². The second-order valence-corrected chi connectivity index (χ2v) is 5.49. The number of imidazole rings is 1. The summed E-state index contributed by atoms with van der Waals surface area (Å²) in [6, 6.07) is 3.81. The zero-order chi connectivity index (χ0) is 15.5. The maximum atomic E-state index is 12.8. The monoisotopic (exact) mass is 300 g/mol. The SMILES string of the molecule is COc1ncccc1C(=O)N1CCC[C@H](n2ccnc2C)C1. The summed E-state index contributed by atoms with van der Waals surface area (Å²) in [4.78, 5) is 23.0. The molecule has 1 aliphatic rings. The summed E-state index contributed by atoms with van der Waals surface area (Å²) in [5.74, 6) is 1.35. The molecule has 2 aromatic heterocycles. The van der Waals surface area contributed by atoms with Gasteiger partial charge in [-0.25, -0.2) is 9.97 Å². The molecule has 0 aromatic carbocycles. The van der Waals surface area contributed by atoms with Gasteiger partial charge in [0.15, 0.2) is 0 Å². The summed E-state index contributed by atoms with van der Waals surface area (Å²) in [6.07, 6.45) is 7.46. The zero-order valence-corrected chi connectivity index (χ0v) is 12.9. The minimum atomic E-state index is -0.0209. The van der Waals surface area contributed by atoms with E-state index in [9.17, 15) is 4.79 Å². The number of aryl methyl sites for hydroxylation is 1. The molecule has 0 aliphatic carbocycles. The number of nitrogens with zero attached hydrogens (tertiary/aromatic N) is 4. The van der Waals surface area contributed by atoms with Gasteiger partial charge < -0.3 is 14.2 Å². The number of aromatic nitrogens is 3. The number of piperidine rings is 1. The van der Waals surface area contributed by atoms with Crippen LogP contribution in [0.15, 0.2) is 30.7 Å². The Bertz CT molecular complexity index is 668. The Kier molecular flexibility index (Phi) is 4.09. The van der Waals surface area contributed by atoms with E-state index < -0.39 is 0 Å².